The molecule has 16 heteroatoms. The molecule has 2 aromatic rings. The minimum atomic E-state index is -1.22. The van der Waals surface area contributed by atoms with E-state index in [9.17, 15) is 28.8 Å². The molecule has 2 saturated heterocycles. The van der Waals surface area contributed by atoms with Crippen LogP contribution in [0, 0.1) is 5.92 Å². The number of fused-ring (bicyclic) bond motifs is 1. The molecule has 2 heterocycles. The molecular weight excluding hydrogens is 748 g/mol. The van der Waals surface area contributed by atoms with Gasteiger partial charge in [0.2, 0.25) is 29.5 Å². The first kappa shape index (κ1) is 45.5. The smallest absolute Gasteiger partial charge is 0.252 e. The number of benzene rings is 2. The summed E-state index contributed by atoms with van der Waals surface area (Å²) in [6, 6.07) is 9.22. The van der Waals surface area contributed by atoms with E-state index in [1.165, 1.54) is 16.7 Å². The molecule has 6 amide bonds. The fraction of sp³-hybridized carbons (Fsp3) is 0.571. The molecule has 2 aliphatic heterocycles. The van der Waals surface area contributed by atoms with E-state index >= 15 is 0 Å². The summed E-state index contributed by atoms with van der Waals surface area (Å²) in [5.74, 6) is -2.40. The van der Waals surface area contributed by atoms with Gasteiger partial charge in [-0.3, -0.25) is 28.8 Å². The third-order valence-electron chi connectivity index (χ3n) is 9.68. The zero-order valence-corrected chi connectivity index (χ0v) is 34.5. The summed E-state index contributed by atoms with van der Waals surface area (Å²) < 4.78 is 23.4. The third-order valence-corrected chi connectivity index (χ3v) is 9.68. The van der Waals surface area contributed by atoms with Crippen LogP contribution in [0.5, 0.6) is 11.5 Å². The van der Waals surface area contributed by atoms with Gasteiger partial charge in [0, 0.05) is 45.5 Å². The average molecular weight is 809 g/mol. The molecular formula is C42H60N6O10. The highest BCUT2D eigenvalue weighted by molar-refractivity contribution is 5.99. The van der Waals surface area contributed by atoms with Crippen molar-refractivity contribution in [3.8, 4) is 11.5 Å². The van der Waals surface area contributed by atoms with Crippen LogP contribution in [0.2, 0.25) is 0 Å². The second-order valence-electron chi connectivity index (χ2n) is 15.2. The maximum absolute atomic E-state index is 14.0. The number of hydrogen-bond donors (Lipinski definition) is 4. The van der Waals surface area contributed by atoms with Crippen LogP contribution >= 0.6 is 0 Å². The lowest BCUT2D eigenvalue weighted by Crippen LogP contribution is -2.59. The lowest BCUT2D eigenvalue weighted by molar-refractivity contribution is -0.143. The van der Waals surface area contributed by atoms with Crippen LogP contribution in [0.1, 0.15) is 75.7 Å². The van der Waals surface area contributed by atoms with Gasteiger partial charge in [-0.15, -0.1) is 0 Å². The summed E-state index contributed by atoms with van der Waals surface area (Å²) in [4.78, 5) is 84.6. The summed E-state index contributed by atoms with van der Waals surface area (Å²) >= 11 is 0. The molecule has 0 spiro atoms. The van der Waals surface area contributed by atoms with Crippen molar-refractivity contribution in [3.05, 3.63) is 59.7 Å². The fourth-order valence-electron chi connectivity index (χ4n) is 6.67. The normalized spacial score (nSPS) is 23.1. The zero-order chi connectivity index (χ0) is 42.2. The maximum Gasteiger partial charge on any atom is 0.252 e. The highest BCUT2D eigenvalue weighted by Crippen LogP contribution is 2.25. The number of nitrogens with zero attached hydrogens (tertiary/aromatic N) is 2. The second-order valence-corrected chi connectivity index (χ2v) is 15.2. The Morgan fingerprint density at radius 3 is 2.21 bits per heavy atom. The number of likely N-dealkylation sites (N-methyl/N-ethyl adjacent to an activating group) is 1. The van der Waals surface area contributed by atoms with Crippen LogP contribution in [0.15, 0.2) is 48.5 Å². The Kier molecular flexibility index (Phi) is 17.8. The number of carbonyl (C=O) groups excluding carboxylic acids is 6. The Bertz CT molecular complexity index is 1710. The standard InChI is InChI=1S/C42H60N6O10/c1-7-57-31-21-30(22-32(23-31)58-24-29-14-9-8-10-15-29)37(49)45-34-25-55-18-11-12-19-56-26-35(42(54)47(5)6)46-40(52)36-16-13-17-48(36)41(53)28(4)43-38(50)33(20-27(2)3)44-39(34)51/h8-10,14-15,21-23,27-28,33-36H,7,11-13,16-20,24-26H2,1-6H3,(H,43,50)(H,44,51)(H,45,49)(H,46,52)/t28-,33-,34-,35-,36-/m0/s1. The SMILES string of the molecule is CCOc1cc(OCc2ccccc2)cc(C(=O)N[C@H]2COCCCCOC[C@@H](C(=O)N(C)C)NC(=O)[C@@H]3CCCN3C(=O)[C@H](C)NC(=O)[C@H](CC(C)C)NC2=O)c1. The van der Waals surface area contributed by atoms with E-state index in [0.717, 1.165) is 5.56 Å². The van der Waals surface area contributed by atoms with Crippen molar-refractivity contribution in [1.29, 1.82) is 0 Å². The van der Waals surface area contributed by atoms with E-state index < -0.39 is 59.7 Å². The number of hydrogen-bond acceptors (Lipinski definition) is 10. The molecule has 2 fully saturated rings. The van der Waals surface area contributed by atoms with Crippen LogP contribution < -0.4 is 30.7 Å². The zero-order valence-electron chi connectivity index (χ0n) is 34.5. The van der Waals surface area contributed by atoms with Gasteiger partial charge < -0.3 is 50.0 Å². The third kappa shape index (κ3) is 13.7. The molecule has 0 bridgehead atoms. The summed E-state index contributed by atoms with van der Waals surface area (Å²) in [5.41, 5.74) is 1.12. The van der Waals surface area contributed by atoms with E-state index in [2.05, 4.69) is 21.3 Å². The molecule has 0 aliphatic carbocycles. The molecule has 4 rings (SSSR count). The molecule has 2 aromatic carbocycles. The molecule has 2 aliphatic rings. The molecule has 58 heavy (non-hydrogen) atoms. The van der Waals surface area contributed by atoms with Crippen molar-refractivity contribution < 1.29 is 47.7 Å². The first-order chi connectivity index (χ1) is 27.8. The molecule has 0 radical (unpaired) electrons. The molecule has 0 unspecified atom stereocenters. The van der Waals surface area contributed by atoms with E-state index in [1.807, 2.05) is 51.1 Å². The van der Waals surface area contributed by atoms with Crippen molar-refractivity contribution in [1.82, 2.24) is 31.1 Å². The predicted octanol–water partition coefficient (Wildman–Crippen LogP) is 2.19. The summed E-state index contributed by atoms with van der Waals surface area (Å²) in [6.07, 6.45) is 2.24. The molecule has 0 aromatic heterocycles. The highest BCUT2D eigenvalue weighted by Gasteiger charge is 2.39. The van der Waals surface area contributed by atoms with Gasteiger partial charge in [-0.25, -0.2) is 0 Å². The van der Waals surface area contributed by atoms with E-state index in [0.29, 0.717) is 50.3 Å². The lowest BCUT2D eigenvalue weighted by Gasteiger charge is -2.30. The number of amides is 6. The lowest BCUT2D eigenvalue weighted by atomic mass is 10.0. The van der Waals surface area contributed by atoms with Gasteiger partial charge in [0.1, 0.15) is 48.3 Å². The monoisotopic (exact) mass is 808 g/mol. The minimum Gasteiger partial charge on any atom is -0.494 e. The summed E-state index contributed by atoms with van der Waals surface area (Å²) in [5, 5.41) is 11.1. The Labute approximate surface area is 341 Å². The van der Waals surface area contributed by atoms with Crippen LogP contribution in [0.25, 0.3) is 0 Å². The van der Waals surface area contributed by atoms with Crippen molar-refractivity contribution in [2.45, 2.75) is 96.6 Å². The predicted molar refractivity (Wildman–Crippen MR) is 215 cm³/mol. The highest BCUT2D eigenvalue weighted by atomic mass is 16.5. The van der Waals surface area contributed by atoms with Gasteiger partial charge >= 0.3 is 0 Å². The quantitative estimate of drug-likeness (QED) is 0.277. The Morgan fingerprint density at radius 1 is 0.879 bits per heavy atom. The largest absolute Gasteiger partial charge is 0.494 e. The van der Waals surface area contributed by atoms with Gasteiger partial charge in [-0.1, -0.05) is 44.2 Å². The van der Waals surface area contributed by atoms with Crippen LogP contribution in [-0.2, 0) is 40.1 Å². The molecule has 16 nitrogen and oxygen atoms in total. The Balaban J connectivity index is 1.57. The van der Waals surface area contributed by atoms with E-state index in [1.54, 1.807) is 32.3 Å². The van der Waals surface area contributed by atoms with Crippen LogP contribution in [-0.4, -0.2) is 129 Å². The van der Waals surface area contributed by atoms with Crippen molar-refractivity contribution >= 4 is 35.4 Å². The first-order valence-electron chi connectivity index (χ1n) is 20.1. The topological polar surface area (TPSA) is 194 Å². The summed E-state index contributed by atoms with van der Waals surface area (Å²) in [6.45, 7) is 8.21. The molecule has 5 atom stereocenters. The minimum absolute atomic E-state index is 0.0388. The second kappa shape index (κ2) is 22.6. The Hall–Kier alpha value is -5.22. The molecule has 318 valence electrons. The summed E-state index contributed by atoms with van der Waals surface area (Å²) in [7, 11) is 3.17. The van der Waals surface area contributed by atoms with Crippen molar-refractivity contribution in [2.75, 3.05) is 53.7 Å². The average Bonchev–Trinajstić information content (AvgIpc) is 3.69. The van der Waals surface area contributed by atoms with Gasteiger partial charge in [0.05, 0.1) is 19.8 Å². The van der Waals surface area contributed by atoms with Gasteiger partial charge in [-0.05, 0) is 69.6 Å². The van der Waals surface area contributed by atoms with Gasteiger partial charge in [0.25, 0.3) is 5.91 Å². The van der Waals surface area contributed by atoms with Crippen molar-refractivity contribution in [2.24, 2.45) is 5.92 Å². The van der Waals surface area contributed by atoms with Gasteiger partial charge in [-0.2, -0.15) is 0 Å². The van der Waals surface area contributed by atoms with Crippen LogP contribution in [0.3, 0.4) is 0 Å². The molecule has 0 saturated carbocycles. The van der Waals surface area contributed by atoms with E-state index in [4.69, 9.17) is 18.9 Å². The number of carbonyl (C=O) groups is 6. The maximum atomic E-state index is 14.0. The van der Waals surface area contributed by atoms with E-state index in [-0.39, 0.29) is 56.8 Å². The first-order valence-corrected chi connectivity index (χ1v) is 20.1. The number of ether oxygens (including phenoxy) is 4. The fourth-order valence-corrected chi connectivity index (χ4v) is 6.67. The Morgan fingerprint density at radius 2 is 1.55 bits per heavy atom. The molecule has 4 N–H and O–H groups in total. The van der Waals surface area contributed by atoms with Crippen molar-refractivity contribution in [3.63, 3.8) is 0 Å². The number of nitrogens with one attached hydrogen (secondary N) is 4. The van der Waals surface area contributed by atoms with Crippen LogP contribution in [0.4, 0.5) is 0 Å². The number of rotatable bonds is 10. The van der Waals surface area contributed by atoms with Gasteiger partial charge in [0.15, 0.2) is 0 Å².